The van der Waals surface area contributed by atoms with Crippen molar-refractivity contribution < 1.29 is 0 Å². The lowest BCUT2D eigenvalue weighted by Crippen LogP contribution is -2.38. The highest BCUT2D eigenvalue weighted by molar-refractivity contribution is 4.94. The predicted octanol–water partition coefficient (Wildman–Crippen LogP) is 3.41. The van der Waals surface area contributed by atoms with Crippen molar-refractivity contribution in [1.82, 2.24) is 5.32 Å². The Morgan fingerprint density at radius 2 is 1.57 bits per heavy atom. The average Bonchev–Trinajstić information content (AvgIpc) is 2.48. The van der Waals surface area contributed by atoms with Gasteiger partial charge in [0.1, 0.15) is 0 Å². The van der Waals surface area contributed by atoms with Gasteiger partial charge in [0.25, 0.3) is 0 Å². The number of hydrogen-bond acceptors (Lipinski definition) is 1. The maximum atomic E-state index is 3.85. The molecule has 0 aromatic carbocycles. The van der Waals surface area contributed by atoms with E-state index < -0.39 is 0 Å². The molecule has 2 aliphatic carbocycles. The molecule has 0 saturated heterocycles. The summed E-state index contributed by atoms with van der Waals surface area (Å²) >= 11 is 0. The van der Waals surface area contributed by atoms with Gasteiger partial charge in [-0.3, -0.25) is 0 Å². The summed E-state index contributed by atoms with van der Waals surface area (Å²) in [6, 6.07) is 1.61. The van der Waals surface area contributed by atoms with Crippen molar-refractivity contribution >= 4 is 0 Å². The summed E-state index contributed by atoms with van der Waals surface area (Å²) in [5.41, 5.74) is 0. The Labute approximate surface area is 88.0 Å². The fraction of sp³-hybridized carbons (Fsp3) is 0.846. The van der Waals surface area contributed by atoms with Gasteiger partial charge in [0.15, 0.2) is 0 Å². The molecule has 0 bridgehead atoms. The van der Waals surface area contributed by atoms with E-state index in [2.05, 4.69) is 17.5 Å². The highest BCUT2D eigenvalue weighted by Gasteiger charge is 2.16. The second-order valence-corrected chi connectivity index (χ2v) is 4.84. The third-order valence-electron chi connectivity index (χ3n) is 3.60. The van der Waals surface area contributed by atoms with Crippen LogP contribution >= 0.6 is 0 Å². The molecular formula is C13H23N. The minimum atomic E-state index is 0.781. The predicted molar refractivity (Wildman–Crippen MR) is 61.4 cm³/mol. The largest absolute Gasteiger partial charge is 0.311 e. The number of rotatable bonds is 2. The van der Waals surface area contributed by atoms with Crippen LogP contribution in [0.3, 0.4) is 0 Å². The van der Waals surface area contributed by atoms with E-state index in [1.165, 1.54) is 57.8 Å². The Morgan fingerprint density at radius 3 is 2.21 bits per heavy atom. The smallest absolute Gasteiger partial charge is 0.0107 e. The van der Waals surface area contributed by atoms with Crippen LogP contribution in [0.1, 0.15) is 57.8 Å². The van der Waals surface area contributed by atoms with Gasteiger partial charge in [0, 0.05) is 12.1 Å². The third kappa shape index (κ3) is 3.13. The number of nitrogens with one attached hydrogen (secondary N) is 1. The first-order valence-corrected chi connectivity index (χ1v) is 6.36. The normalized spacial score (nSPS) is 30.1. The highest BCUT2D eigenvalue weighted by atomic mass is 14.9. The van der Waals surface area contributed by atoms with E-state index in [0.717, 1.165) is 12.1 Å². The van der Waals surface area contributed by atoms with Crippen molar-refractivity contribution in [3.63, 3.8) is 0 Å². The maximum absolute atomic E-state index is 3.85. The number of hydrogen-bond donors (Lipinski definition) is 1. The van der Waals surface area contributed by atoms with Gasteiger partial charge in [0.05, 0.1) is 0 Å². The van der Waals surface area contributed by atoms with Crippen LogP contribution in [0, 0.1) is 0 Å². The second-order valence-electron chi connectivity index (χ2n) is 4.84. The van der Waals surface area contributed by atoms with Gasteiger partial charge in [-0.2, -0.15) is 0 Å². The molecule has 0 radical (unpaired) electrons. The molecule has 1 atom stereocenters. The zero-order valence-electron chi connectivity index (χ0n) is 9.17. The van der Waals surface area contributed by atoms with Crippen LogP contribution in [0.2, 0.25) is 0 Å². The molecule has 2 aliphatic rings. The Hall–Kier alpha value is -0.300. The topological polar surface area (TPSA) is 12.0 Å². The Morgan fingerprint density at radius 1 is 0.786 bits per heavy atom. The van der Waals surface area contributed by atoms with E-state index in [1.54, 1.807) is 0 Å². The van der Waals surface area contributed by atoms with Crippen LogP contribution in [0.25, 0.3) is 0 Å². The van der Waals surface area contributed by atoms with E-state index in [1.807, 2.05) is 0 Å². The molecule has 1 fully saturated rings. The first-order chi connectivity index (χ1) is 6.95. The van der Waals surface area contributed by atoms with Crippen LogP contribution in [0.5, 0.6) is 0 Å². The van der Waals surface area contributed by atoms with Crippen molar-refractivity contribution in [2.45, 2.75) is 69.9 Å². The summed E-state index contributed by atoms with van der Waals surface area (Å²) in [5, 5.41) is 3.85. The third-order valence-corrected chi connectivity index (χ3v) is 3.60. The van der Waals surface area contributed by atoms with Crippen LogP contribution in [0.4, 0.5) is 0 Å². The van der Waals surface area contributed by atoms with Gasteiger partial charge in [-0.05, 0) is 32.1 Å². The summed E-state index contributed by atoms with van der Waals surface area (Å²) in [6.07, 6.45) is 17.2. The molecule has 80 valence electrons. The van der Waals surface area contributed by atoms with Crippen molar-refractivity contribution in [3.05, 3.63) is 12.2 Å². The van der Waals surface area contributed by atoms with E-state index in [0.29, 0.717) is 0 Å². The molecule has 0 spiro atoms. The summed E-state index contributed by atoms with van der Waals surface area (Å²) in [7, 11) is 0. The molecule has 1 saturated carbocycles. The van der Waals surface area contributed by atoms with E-state index >= 15 is 0 Å². The maximum Gasteiger partial charge on any atom is 0.0107 e. The van der Waals surface area contributed by atoms with Crippen LogP contribution < -0.4 is 5.32 Å². The molecule has 0 aliphatic heterocycles. The quantitative estimate of drug-likeness (QED) is 0.523. The molecule has 0 amide bonds. The monoisotopic (exact) mass is 193 g/mol. The van der Waals surface area contributed by atoms with E-state index in [4.69, 9.17) is 0 Å². The average molecular weight is 193 g/mol. The van der Waals surface area contributed by atoms with Crippen molar-refractivity contribution in [3.8, 4) is 0 Å². The van der Waals surface area contributed by atoms with Crippen LogP contribution in [0.15, 0.2) is 12.2 Å². The molecule has 0 aromatic heterocycles. The van der Waals surface area contributed by atoms with Crippen molar-refractivity contribution in [1.29, 1.82) is 0 Å². The van der Waals surface area contributed by atoms with Crippen molar-refractivity contribution in [2.24, 2.45) is 0 Å². The molecule has 1 unspecified atom stereocenters. The van der Waals surface area contributed by atoms with E-state index in [9.17, 15) is 0 Å². The van der Waals surface area contributed by atoms with Gasteiger partial charge < -0.3 is 5.32 Å². The molecule has 1 N–H and O–H groups in total. The lowest BCUT2D eigenvalue weighted by molar-refractivity contribution is 0.374. The molecule has 0 aromatic rings. The molecule has 1 heteroatoms. The minimum absolute atomic E-state index is 0.781. The zero-order valence-corrected chi connectivity index (χ0v) is 9.17. The van der Waals surface area contributed by atoms with Crippen LogP contribution in [-0.2, 0) is 0 Å². The van der Waals surface area contributed by atoms with Crippen molar-refractivity contribution in [2.75, 3.05) is 0 Å². The lowest BCUT2D eigenvalue weighted by atomic mass is 9.99. The number of allylic oxidation sites excluding steroid dienone is 1. The molecule has 2 rings (SSSR count). The van der Waals surface area contributed by atoms with Gasteiger partial charge in [-0.25, -0.2) is 0 Å². The molecule has 0 heterocycles. The first-order valence-electron chi connectivity index (χ1n) is 6.36. The molecule has 1 nitrogen and oxygen atoms in total. The first kappa shape index (κ1) is 10.2. The Balaban J connectivity index is 1.74. The SMILES string of the molecule is C1=CCC(NC2CCCCCC2)CC1. The fourth-order valence-corrected chi connectivity index (χ4v) is 2.72. The Kier molecular flexibility index (Phi) is 4.05. The fourth-order valence-electron chi connectivity index (χ4n) is 2.72. The Bertz CT molecular complexity index is 178. The summed E-state index contributed by atoms with van der Waals surface area (Å²) in [6.45, 7) is 0. The van der Waals surface area contributed by atoms with Gasteiger partial charge >= 0.3 is 0 Å². The summed E-state index contributed by atoms with van der Waals surface area (Å²) in [5.74, 6) is 0. The highest BCUT2D eigenvalue weighted by Crippen LogP contribution is 2.19. The lowest BCUT2D eigenvalue weighted by Gasteiger charge is -2.25. The van der Waals surface area contributed by atoms with Gasteiger partial charge in [0.2, 0.25) is 0 Å². The van der Waals surface area contributed by atoms with E-state index in [-0.39, 0.29) is 0 Å². The molecule has 14 heavy (non-hydrogen) atoms. The summed E-state index contributed by atoms with van der Waals surface area (Å²) < 4.78 is 0. The molecular weight excluding hydrogens is 170 g/mol. The van der Waals surface area contributed by atoms with Crippen LogP contribution in [-0.4, -0.2) is 12.1 Å². The second kappa shape index (κ2) is 5.55. The van der Waals surface area contributed by atoms with Gasteiger partial charge in [-0.1, -0.05) is 37.8 Å². The van der Waals surface area contributed by atoms with Gasteiger partial charge in [-0.15, -0.1) is 0 Å². The zero-order chi connectivity index (χ0) is 9.64. The minimum Gasteiger partial charge on any atom is -0.311 e. The standard InChI is InChI=1S/C13H23N/c1-2-5-9-12(8-4-1)14-13-10-6-3-7-11-13/h3,6,12-14H,1-2,4-5,7-11H2. The summed E-state index contributed by atoms with van der Waals surface area (Å²) in [4.78, 5) is 0.